The van der Waals surface area contributed by atoms with Crippen molar-refractivity contribution in [3.63, 3.8) is 0 Å². The van der Waals surface area contributed by atoms with E-state index in [1.165, 1.54) is 45.2 Å². The first kappa shape index (κ1) is 13.3. The highest BCUT2D eigenvalue weighted by molar-refractivity contribution is 5.04. The van der Waals surface area contributed by atoms with Gasteiger partial charge in [0.15, 0.2) is 0 Å². The SMILES string of the molecule is CCOC1CC(CN)(N2CCCCCCC2)C1. The number of hydrogen-bond donors (Lipinski definition) is 1. The standard InChI is InChI=1S/C14H28N2O/c1-2-17-13-10-14(11-13,12-15)16-8-6-4-3-5-7-9-16/h13H,2-12,15H2,1H3. The lowest BCUT2D eigenvalue weighted by Crippen LogP contribution is -2.64. The lowest BCUT2D eigenvalue weighted by molar-refractivity contribution is -0.102. The van der Waals surface area contributed by atoms with Crippen LogP contribution in [0.15, 0.2) is 0 Å². The monoisotopic (exact) mass is 240 g/mol. The highest BCUT2D eigenvalue weighted by Gasteiger charge is 2.47. The molecule has 1 aliphatic heterocycles. The van der Waals surface area contributed by atoms with Crippen molar-refractivity contribution in [3.8, 4) is 0 Å². The molecule has 0 radical (unpaired) electrons. The van der Waals surface area contributed by atoms with E-state index in [-0.39, 0.29) is 5.54 Å². The van der Waals surface area contributed by atoms with E-state index in [4.69, 9.17) is 10.5 Å². The molecular weight excluding hydrogens is 212 g/mol. The summed E-state index contributed by atoms with van der Waals surface area (Å²) in [5, 5.41) is 0. The Morgan fingerprint density at radius 1 is 1.12 bits per heavy atom. The van der Waals surface area contributed by atoms with Crippen LogP contribution in [0.4, 0.5) is 0 Å². The summed E-state index contributed by atoms with van der Waals surface area (Å²) >= 11 is 0. The Balaban J connectivity index is 1.88. The van der Waals surface area contributed by atoms with Gasteiger partial charge in [-0.1, -0.05) is 19.3 Å². The summed E-state index contributed by atoms with van der Waals surface area (Å²) < 4.78 is 5.70. The Morgan fingerprint density at radius 2 is 1.71 bits per heavy atom. The number of hydrogen-bond acceptors (Lipinski definition) is 3. The van der Waals surface area contributed by atoms with E-state index >= 15 is 0 Å². The van der Waals surface area contributed by atoms with Crippen molar-refractivity contribution in [2.24, 2.45) is 5.73 Å². The van der Waals surface area contributed by atoms with Crippen LogP contribution in [0.5, 0.6) is 0 Å². The van der Waals surface area contributed by atoms with E-state index in [0.717, 1.165) is 26.0 Å². The van der Waals surface area contributed by atoms with Crippen LogP contribution >= 0.6 is 0 Å². The Kier molecular flexibility index (Phi) is 4.83. The Morgan fingerprint density at radius 3 is 2.24 bits per heavy atom. The van der Waals surface area contributed by atoms with Crippen LogP contribution in [0.3, 0.4) is 0 Å². The zero-order valence-corrected chi connectivity index (χ0v) is 11.3. The lowest BCUT2D eigenvalue weighted by atomic mass is 9.72. The maximum absolute atomic E-state index is 6.05. The topological polar surface area (TPSA) is 38.5 Å². The number of rotatable bonds is 4. The summed E-state index contributed by atoms with van der Waals surface area (Å²) in [6.45, 7) is 6.21. The van der Waals surface area contributed by atoms with Crippen LogP contribution in [0.1, 0.15) is 51.9 Å². The van der Waals surface area contributed by atoms with Crippen molar-refractivity contribution < 1.29 is 4.74 Å². The third-order valence-electron chi connectivity index (χ3n) is 4.52. The minimum Gasteiger partial charge on any atom is -0.378 e. The van der Waals surface area contributed by atoms with E-state index in [9.17, 15) is 0 Å². The molecule has 0 unspecified atom stereocenters. The van der Waals surface area contributed by atoms with E-state index in [1.54, 1.807) is 0 Å². The first-order valence-corrected chi connectivity index (χ1v) is 7.37. The number of ether oxygens (including phenoxy) is 1. The highest BCUT2D eigenvalue weighted by Crippen LogP contribution is 2.39. The second kappa shape index (κ2) is 6.17. The van der Waals surface area contributed by atoms with E-state index in [2.05, 4.69) is 11.8 Å². The van der Waals surface area contributed by atoms with Gasteiger partial charge in [0.2, 0.25) is 0 Å². The van der Waals surface area contributed by atoms with Crippen molar-refractivity contribution in [3.05, 3.63) is 0 Å². The molecule has 0 amide bonds. The van der Waals surface area contributed by atoms with E-state index in [0.29, 0.717) is 6.10 Å². The third-order valence-corrected chi connectivity index (χ3v) is 4.52. The smallest absolute Gasteiger partial charge is 0.0611 e. The second-order valence-corrected chi connectivity index (χ2v) is 5.67. The Labute approximate surface area is 106 Å². The molecule has 0 bridgehead atoms. The molecule has 0 atom stereocenters. The van der Waals surface area contributed by atoms with Gasteiger partial charge in [-0.2, -0.15) is 0 Å². The van der Waals surface area contributed by atoms with Crippen molar-refractivity contribution in [2.45, 2.75) is 63.5 Å². The van der Waals surface area contributed by atoms with Gasteiger partial charge in [-0.05, 0) is 45.7 Å². The molecule has 0 aromatic rings. The zero-order valence-electron chi connectivity index (χ0n) is 11.3. The fraction of sp³-hybridized carbons (Fsp3) is 1.00. The third kappa shape index (κ3) is 3.01. The minimum atomic E-state index is 0.275. The molecule has 100 valence electrons. The van der Waals surface area contributed by atoms with Crippen LogP contribution in [0.2, 0.25) is 0 Å². The van der Waals surface area contributed by atoms with Crippen molar-refractivity contribution in [2.75, 3.05) is 26.2 Å². The van der Waals surface area contributed by atoms with Crippen LogP contribution in [-0.4, -0.2) is 42.8 Å². The highest BCUT2D eigenvalue weighted by atomic mass is 16.5. The Hall–Kier alpha value is -0.120. The summed E-state index contributed by atoms with van der Waals surface area (Å²) in [5.41, 5.74) is 6.33. The van der Waals surface area contributed by atoms with Crippen LogP contribution < -0.4 is 5.73 Å². The van der Waals surface area contributed by atoms with Gasteiger partial charge in [-0.3, -0.25) is 4.90 Å². The molecule has 0 aromatic carbocycles. The fourth-order valence-corrected chi connectivity index (χ4v) is 3.42. The van der Waals surface area contributed by atoms with Crippen LogP contribution in [0, 0.1) is 0 Å². The average molecular weight is 240 g/mol. The van der Waals surface area contributed by atoms with E-state index in [1.807, 2.05) is 0 Å². The quantitative estimate of drug-likeness (QED) is 0.818. The molecule has 2 N–H and O–H groups in total. The summed E-state index contributed by atoms with van der Waals surface area (Å²) in [6, 6.07) is 0. The Bertz CT molecular complexity index is 218. The predicted octanol–water partition coefficient (Wildman–Crippen LogP) is 2.15. The minimum absolute atomic E-state index is 0.275. The number of likely N-dealkylation sites (tertiary alicyclic amines) is 1. The molecular formula is C14H28N2O. The van der Waals surface area contributed by atoms with Gasteiger partial charge in [-0.15, -0.1) is 0 Å². The normalized spacial score (nSPS) is 36.0. The molecule has 2 aliphatic rings. The van der Waals surface area contributed by atoms with Gasteiger partial charge in [-0.25, -0.2) is 0 Å². The first-order valence-electron chi connectivity index (χ1n) is 7.37. The molecule has 17 heavy (non-hydrogen) atoms. The lowest BCUT2D eigenvalue weighted by Gasteiger charge is -2.54. The summed E-state index contributed by atoms with van der Waals surface area (Å²) in [4.78, 5) is 2.67. The molecule has 1 saturated carbocycles. The fourth-order valence-electron chi connectivity index (χ4n) is 3.42. The molecule has 2 fully saturated rings. The molecule has 0 aromatic heterocycles. The zero-order chi connectivity index (χ0) is 12.1. The molecule has 1 saturated heterocycles. The molecule has 3 nitrogen and oxygen atoms in total. The average Bonchev–Trinajstić information content (AvgIpc) is 2.23. The van der Waals surface area contributed by atoms with Crippen molar-refractivity contribution in [1.29, 1.82) is 0 Å². The van der Waals surface area contributed by atoms with Crippen LogP contribution in [-0.2, 0) is 4.74 Å². The predicted molar refractivity (Wildman–Crippen MR) is 71.1 cm³/mol. The van der Waals surface area contributed by atoms with Gasteiger partial charge in [0.05, 0.1) is 6.10 Å². The van der Waals surface area contributed by atoms with Gasteiger partial charge in [0, 0.05) is 18.7 Å². The van der Waals surface area contributed by atoms with E-state index < -0.39 is 0 Å². The molecule has 1 heterocycles. The molecule has 1 aliphatic carbocycles. The molecule has 2 rings (SSSR count). The molecule has 0 spiro atoms. The first-order chi connectivity index (χ1) is 8.30. The summed E-state index contributed by atoms with van der Waals surface area (Å²) in [6.07, 6.45) is 9.67. The maximum atomic E-state index is 6.05. The summed E-state index contributed by atoms with van der Waals surface area (Å²) in [7, 11) is 0. The largest absolute Gasteiger partial charge is 0.378 e. The second-order valence-electron chi connectivity index (χ2n) is 5.67. The van der Waals surface area contributed by atoms with Gasteiger partial charge >= 0.3 is 0 Å². The number of nitrogens with two attached hydrogens (primary N) is 1. The van der Waals surface area contributed by atoms with Crippen molar-refractivity contribution in [1.82, 2.24) is 4.90 Å². The van der Waals surface area contributed by atoms with Gasteiger partial charge in [0.1, 0.15) is 0 Å². The van der Waals surface area contributed by atoms with Crippen molar-refractivity contribution >= 4 is 0 Å². The number of nitrogens with zero attached hydrogens (tertiary/aromatic N) is 1. The van der Waals surface area contributed by atoms with Gasteiger partial charge < -0.3 is 10.5 Å². The maximum Gasteiger partial charge on any atom is 0.0611 e. The summed E-state index contributed by atoms with van der Waals surface area (Å²) in [5.74, 6) is 0. The van der Waals surface area contributed by atoms with Crippen LogP contribution in [0.25, 0.3) is 0 Å². The van der Waals surface area contributed by atoms with Gasteiger partial charge in [0.25, 0.3) is 0 Å². The molecule has 3 heteroatoms.